The molecule has 0 saturated carbocycles. The average molecular weight is 366 g/mol. The number of hydrogen-bond donors (Lipinski definition) is 3. The van der Waals surface area contributed by atoms with Gasteiger partial charge in [0.2, 0.25) is 5.91 Å². The third kappa shape index (κ3) is 4.68. The van der Waals surface area contributed by atoms with Crippen molar-refractivity contribution < 1.29 is 14.4 Å². The second-order valence-corrected chi connectivity index (χ2v) is 7.13. The van der Waals surface area contributed by atoms with Crippen molar-refractivity contribution in [2.45, 2.75) is 12.3 Å². The van der Waals surface area contributed by atoms with Crippen molar-refractivity contribution in [3.8, 4) is 5.75 Å². The summed E-state index contributed by atoms with van der Waals surface area (Å²) in [6.07, 6.45) is 2.44. The predicted octanol–water partition coefficient (Wildman–Crippen LogP) is 1.96. The maximum Gasteiger partial charge on any atom is 0.221 e. The molecule has 2 aromatic carbocycles. The molecule has 3 aromatic rings. The highest BCUT2D eigenvalue weighted by atomic mass is 16.5. The summed E-state index contributed by atoms with van der Waals surface area (Å²) in [6.45, 7) is 1.59. The van der Waals surface area contributed by atoms with Gasteiger partial charge < -0.3 is 19.9 Å². The van der Waals surface area contributed by atoms with Crippen LogP contribution in [-0.2, 0) is 4.79 Å². The number of aromatic amines is 1. The molecule has 0 aliphatic rings. The van der Waals surface area contributed by atoms with Crippen LogP contribution >= 0.6 is 0 Å². The Labute approximate surface area is 160 Å². The van der Waals surface area contributed by atoms with Gasteiger partial charge in [-0.05, 0) is 29.3 Å². The molecule has 5 heteroatoms. The molecule has 0 aliphatic carbocycles. The lowest BCUT2D eigenvalue weighted by atomic mass is 9.88. The summed E-state index contributed by atoms with van der Waals surface area (Å²) in [7, 11) is 5.82. The van der Waals surface area contributed by atoms with Crippen LogP contribution in [0, 0.1) is 0 Å². The van der Waals surface area contributed by atoms with E-state index >= 15 is 0 Å². The normalized spacial score (nSPS) is 12.3. The molecule has 3 N–H and O–H groups in total. The molecule has 1 atom stereocenters. The number of amides is 1. The molecule has 5 nitrogen and oxygen atoms in total. The quantitative estimate of drug-likeness (QED) is 0.571. The number of aromatic nitrogens is 1. The minimum Gasteiger partial charge on any atom is -0.497 e. The highest BCUT2D eigenvalue weighted by molar-refractivity contribution is 5.86. The number of hydrogen-bond acceptors (Lipinski definition) is 2. The van der Waals surface area contributed by atoms with Gasteiger partial charge in [0.15, 0.2) is 0 Å². The molecular weight excluding hydrogens is 338 g/mol. The lowest BCUT2D eigenvalue weighted by molar-refractivity contribution is -0.856. The van der Waals surface area contributed by atoms with Gasteiger partial charge >= 0.3 is 0 Å². The van der Waals surface area contributed by atoms with Crippen LogP contribution in [0.5, 0.6) is 5.75 Å². The Morgan fingerprint density at radius 2 is 1.89 bits per heavy atom. The highest BCUT2D eigenvalue weighted by Crippen LogP contribution is 2.34. The number of methoxy groups -OCH3 is 1. The zero-order chi connectivity index (χ0) is 19.2. The van der Waals surface area contributed by atoms with Crippen molar-refractivity contribution in [2.24, 2.45) is 0 Å². The minimum absolute atomic E-state index is 0.0150. The van der Waals surface area contributed by atoms with E-state index in [4.69, 9.17) is 4.74 Å². The molecule has 27 heavy (non-hydrogen) atoms. The Morgan fingerprint density at radius 1 is 1.15 bits per heavy atom. The maximum absolute atomic E-state index is 12.6. The van der Waals surface area contributed by atoms with E-state index in [9.17, 15) is 4.79 Å². The molecule has 1 aromatic heterocycles. The van der Waals surface area contributed by atoms with E-state index in [-0.39, 0.29) is 11.8 Å². The van der Waals surface area contributed by atoms with Crippen LogP contribution in [-0.4, -0.2) is 45.2 Å². The summed E-state index contributed by atoms with van der Waals surface area (Å²) in [4.78, 5) is 17.3. The predicted molar refractivity (Wildman–Crippen MR) is 108 cm³/mol. The summed E-state index contributed by atoms with van der Waals surface area (Å²) in [5.41, 5.74) is 3.33. The molecule has 142 valence electrons. The van der Waals surface area contributed by atoms with Gasteiger partial charge in [-0.15, -0.1) is 0 Å². The van der Waals surface area contributed by atoms with Gasteiger partial charge in [-0.3, -0.25) is 4.79 Å². The fourth-order valence-electron chi connectivity index (χ4n) is 3.34. The van der Waals surface area contributed by atoms with Crippen LogP contribution in [0.2, 0.25) is 0 Å². The maximum atomic E-state index is 12.6. The highest BCUT2D eigenvalue weighted by Gasteiger charge is 2.21. The Morgan fingerprint density at radius 3 is 2.59 bits per heavy atom. The van der Waals surface area contributed by atoms with Gasteiger partial charge in [-0.1, -0.05) is 30.3 Å². The van der Waals surface area contributed by atoms with E-state index in [1.54, 1.807) is 7.11 Å². The van der Waals surface area contributed by atoms with Crippen molar-refractivity contribution in [2.75, 3.05) is 34.3 Å². The van der Waals surface area contributed by atoms with Crippen LogP contribution in [0.25, 0.3) is 10.9 Å². The third-order valence-corrected chi connectivity index (χ3v) is 4.85. The van der Waals surface area contributed by atoms with Gasteiger partial charge in [0.1, 0.15) is 5.75 Å². The molecular formula is C22H28N3O2+. The number of quaternary nitrogens is 1. The van der Waals surface area contributed by atoms with Crippen LogP contribution in [0.3, 0.4) is 0 Å². The van der Waals surface area contributed by atoms with Gasteiger partial charge in [-0.2, -0.15) is 0 Å². The van der Waals surface area contributed by atoms with Gasteiger partial charge in [-0.25, -0.2) is 0 Å². The van der Waals surface area contributed by atoms with Gasteiger partial charge in [0, 0.05) is 29.4 Å². The Hall–Kier alpha value is -2.79. The van der Waals surface area contributed by atoms with E-state index in [1.165, 1.54) is 4.90 Å². The van der Waals surface area contributed by atoms with Crippen LogP contribution < -0.4 is 15.0 Å². The zero-order valence-corrected chi connectivity index (χ0v) is 16.2. The smallest absolute Gasteiger partial charge is 0.221 e. The van der Waals surface area contributed by atoms with E-state index in [1.807, 2.05) is 42.6 Å². The first-order valence-electron chi connectivity index (χ1n) is 9.34. The first-order chi connectivity index (χ1) is 13.1. The number of ether oxygens (including phenoxy) is 1. The lowest BCUT2D eigenvalue weighted by Crippen LogP contribution is -3.06. The molecule has 0 spiro atoms. The molecule has 0 unspecified atom stereocenters. The van der Waals surface area contributed by atoms with E-state index in [0.717, 1.165) is 34.3 Å². The molecule has 0 fully saturated rings. The monoisotopic (exact) mass is 366 g/mol. The van der Waals surface area contributed by atoms with Crippen molar-refractivity contribution >= 4 is 16.8 Å². The molecule has 0 aliphatic heterocycles. The largest absolute Gasteiger partial charge is 0.497 e. The first kappa shape index (κ1) is 19.0. The molecule has 1 heterocycles. The number of para-hydroxylation sites is 1. The van der Waals surface area contributed by atoms with Crippen molar-refractivity contribution in [3.05, 3.63) is 65.9 Å². The number of nitrogens with one attached hydrogen (secondary N) is 3. The minimum atomic E-state index is -0.0150. The Kier molecular flexibility index (Phi) is 6.14. The van der Waals surface area contributed by atoms with Gasteiger partial charge in [0.25, 0.3) is 0 Å². The van der Waals surface area contributed by atoms with Gasteiger partial charge in [0.05, 0.1) is 34.3 Å². The van der Waals surface area contributed by atoms with Crippen LogP contribution in [0.1, 0.15) is 23.5 Å². The number of carbonyl (C=O) groups is 1. The summed E-state index contributed by atoms with van der Waals surface area (Å²) in [5.74, 6) is 0.871. The van der Waals surface area contributed by atoms with E-state index in [0.29, 0.717) is 13.0 Å². The van der Waals surface area contributed by atoms with E-state index in [2.05, 4.69) is 36.5 Å². The zero-order valence-electron chi connectivity index (χ0n) is 16.2. The van der Waals surface area contributed by atoms with Crippen LogP contribution in [0.4, 0.5) is 0 Å². The number of fused-ring (bicyclic) bond motifs is 1. The standard InChI is InChI=1S/C22H27N3O2/c1-25(2)13-12-23-22(26)14-19(16-8-10-17(27-3)11-9-16)20-15-24-21-7-5-4-6-18(20)21/h4-11,15,19,24H,12-14H2,1-3H3,(H,23,26)/p+1/t19-/m1/s1. The van der Waals surface area contributed by atoms with E-state index < -0.39 is 0 Å². The lowest BCUT2D eigenvalue weighted by Gasteiger charge is -2.18. The number of H-pyrrole nitrogens is 1. The fraction of sp³-hybridized carbons (Fsp3) is 0.318. The molecule has 0 saturated heterocycles. The van der Waals surface area contributed by atoms with Crippen molar-refractivity contribution in [1.82, 2.24) is 10.3 Å². The molecule has 0 bridgehead atoms. The van der Waals surface area contributed by atoms with Crippen molar-refractivity contribution in [3.63, 3.8) is 0 Å². The summed E-state index contributed by atoms with van der Waals surface area (Å²) in [6, 6.07) is 16.2. The summed E-state index contributed by atoms with van der Waals surface area (Å²) in [5, 5.41) is 4.21. The van der Waals surface area contributed by atoms with Crippen molar-refractivity contribution in [1.29, 1.82) is 0 Å². The summed E-state index contributed by atoms with van der Waals surface area (Å²) < 4.78 is 5.28. The first-order valence-corrected chi connectivity index (χ1v) is 9.34. The number of benzene rings is 2. The van der Waals surface area contributed by atoms with Crippen LogP contribution in [0.15, 0.2) is 54.7 Å². The average Bonchev–Trinajstić information content (AvgIpc) is 3.10. The second-order valence-electron chi connectivity index (χ2n) is 7.13. The second kappa shape index (κ2) is 8.73. The number of likely N-dealkylation sites (N-methyl/N-ethyl adjacent to an activating group) is 1. The summed E-state index contributed by atoms with van der Waals surface area (Å²) >= 11 is 0. The number of rotatable bonds is 8. The number of carbonyl (C=O) groups excluding carboxylic acids is 1. The SMILES string of the molecule is COc1ccc([C@@H](CC(=O)NCC[NH+](C)C)c2c[nH]c3ccccc23)cc1. The third-order valence-electron chi connectivity index (χ3n) is 4.85. The fourth-order valence-corrected chi connectivity index (χ4v) is 3.34. The molecule has 1 amide bonds. The molecule has 3 rings (SSSR count). The topological polar surface area (TPSA) is 58.6 Å². The Balaban J connectivity index is 1.87. The molecule has 0 radical (unpaired) electrons. The Bertz CT molecular complexity index is 884.